The molecular weight excluding hydrogens is 242 g/mol. The fourth-order valence-electron chi connectivity index (χ4n) is 2.17. The highest BCUT2D eigenvalue weighted by molar-refractivity contribution is 7.89. The first-order valence-corrected chi connectivity index (χ1v) is 7.64. The second-order valence-electron chi connectivity index (χ2n) is 4.81. The molecular formula is C11H21NO4S. The Morgan fingerprint density at radius 3 is 2.35 bits per heavy atom. The van der Waals surface area contributed by atoms with Crippen LogP contribution in [0.3, 0.4) is 0 Å². The van der Waals surface area contributed by atoms with Crippen LogP contribution in [0.5, 0.6) is 0 Å². The Bertz CT molecular complexity index is 360. The quantitative estimate of drug-likeness (QED) is 0.811. The van der Waals surface area contributed by atoms with Gasteiger partial charge in [0, 0.05) is 7.05 Å². The first kappa shape index (κ1) is 14.4. The summed E-state index contributed by atoms with van der Waals surface area (Å²) in [5, 5.41) is 8.82. The van der Waals surface area contributed by atoms with Crippen LogP contribution >= 0.6 is 0 Å². The first-order valence-electron chi connectivity index (χ1n) is 6.03. The lowest BCUT2D eigenvalue weighted by atomic mass is 9.91. The summed E-state index contributed by atoms with van der Waals surface area (Å²) in [4.78, 5) is 10.8. The van der Waals surface area contributed by atoms with Gasteiger partial charge in [0.1, 0.15) is 6.04 Å². The molecule has 0 bridgehead atoms. The zero-order chi connectivity index (χ0) is 13.1. The van der Waals surface area contributed by atoms with Gasteiger partial charge in [-0.15, -0.1) is 0 Å². The summed E-state index contributed by atoms with van der Waals surface area (Å²) >= 11 is 0. The van der Waals surface area contributed by atoms with E-state index in [0.29, 0.717) is 0 Å². The van der Waals surface area contributed by atoms with E-state index < -0.39 is 22.0 Å². The van der Waals surface area contributed by atoms with Crippen molar-refractivity contribution in [2.45, 2.75) is 45.1 Å². The predicted molar refractivity (Wildman–Crippen MR) is 65.2 cm³/mol. The number of carbonyl (C=O) groups is 1. The summed E-state index contributed by atoms with van der Waals surface area (Å²) in [7, 11) is -2.11. The lowest BCUT2D eigenvalue weighted by Gasteiger charge is -2.26. The van der Waals surface area contributed by atoms with Gasteiger partial charge in [0.05, 0.1) is 5.75 Å². The summed E-state index contributed by atoms with van der Waals surface area (Å²) in [5.41, 5.74) is 0. The van der Waals surface area contributed by atoms with Crippen molar-refractivity contribution in [3.8, 4) is 0 Å². The fraction of sp³-hybridized carbons (Fsp3) is 0.909. The van der Waals surface area contributed by atoms with Gasteiger partial charge in [0.25, 0.3) is 0 Å². The molecule has 17 heavy (non-hydrogen) atoms. The van der Waals surface area contributed by atoms with E-state index in [2.05, 4.69) is 0 Å². The van der Waals surface area contributed by atoms with E-state index in [1.54, 1.807) is 0 Å². The van der Waals surface area contributed by atoms with E-state index in [4.69, 9.17) is 5.11 Å². The van der Waals surface area contributed by atoms with E-state index in [-0.39, 0.29) is 11.7 Å². The van der Waals surface area contributed by atoms with Crippen molar-refractivity contribution in [2.75, 3.05) is 12.8 Å². The molecule has 0 aliphatic heterocycles. The molecule has 1 saturated carbocycles. The number of carboxylic acid groups (broad SMARTS) is 1. The topological polar surface area (TPSA) is 74.7 Å². The van der Waals surface area contributed by atoms with Crippen LogP contribution in [0.25, 0.3) is 0 Å². The van der Waals surface area contributed by atoms with E-state index in [9.17, 15) is 13.2 Å². The second-order valence-corrected chi connectivity index (χ2v) is 6.89. The number of hydrogen-bond acceptors (Lipinski definition) is 3. The SMILES string of the molecule is CC(C(=O)O)N(C)S(=O)(=O)CC1CCCCC1. The number of likely N-dealkylation sites (N-methyl/N-ethyl adjacent to an activating group) is 1. The zero-order valence-electron chi connectivity index (χ0n) is 10.4. The van der Waals surface area contributed by atoms with Gasteiger partial charge in [0.15, 0.2) is 0 Å². The Balaban J connectivity index is 2.63. The molecule has 5 nitrogen and oxygen atoms in total. The summed E-state index contributed by atoms with van der Waals surface area (Å²) < 4.78 is 25.0. The van der Waals surface area contributed by atoms with Crippen LogP contribution in [0.4, 0.5) is 0 Å². The minimum atomic E-state index is -3.45. The molecule has 0 aromatic carbocycles. The maximum Gasteiger partial charge on any atom is 0.321 e. The minimum absolute atomic E-state index is 0.0844. The highest BCUT2D eigenvalue weighted by atomic mass is 32.2. The van der Waals surface area contributed by atoms with Gasteiger partial charge in [-0.2, -0.15) is 4.31 Å². The smallest absolute Gasteiger partial charge is 0.321 e. The molecule has 0 aromatic heterocycles. The van der Waals surface area contributed by atoms with Gasteiger partial charge in [-0.3, -0.25) is 4.79 Å². The van der Waals surface area contributed by atoms with Crippen LogP contribution in [0, 0.1) is 5.92 Å². The van der Waals surface area contributed by atoms with Crippen molar-refractivity contribution in [3.63, 3.8) is 0 Å². The predicted octanol–water partition coefficient (Wildman–Crippen LogP) is 1.30. The second kappa shape index (κ2) is 5.82. The third-order valence-electron chi connectivity index (χ3n) is 3.51. The lowest BCUT2D eigenvalue weighted by Crippen LogP contribution is -2.42. The van der Waals surface area contributed by atoms with Gasteiger partial charge in [-0.1, -0.05) is 19.3 Å². The van der Waals surface area contributed by atoms with Crippen molar-refractivity contribution >= 4 is 16.0 Å². The molecule has 1 aliphatic carbocycles. The molecule has 6 heteroatoms. The van der Waals surface area contributed by atoms with E-state index in [1.807, 2.05) is 0 Å². The first-order chi connectivity index (χ1) is 7.84. The molecule has 0 amide bonds. The normalized spacial score (nSPS) is 20.4. The molecule has 1 fully saturated rings. The number of sulfonamides is 1. The van der Waals surface area contributed by atoms with Crippen molar-refractivity contribution in [1.82, 2.24) is 4.31 Å². The maximum atomic E-state index is 12.0. The Hall–Kier alpha value is -0.620. The Morgan fingerprint density at radius 1 is 1.35 bits per heavy atom. The molecule has 0 spiro atoms. The fourth-order valence-corrected chi connectivity index (χ4v) is 3.90. The highest BCUT2D eigenvalue weighted by Crippen LogP contribution is 2.25. The van der Waals surface area contributed by atoms with Crippen LogP contribution in [0.15, 0.2) is 0 Å². The van der Waals surface area contributed by atoms with Crippen molar-refractivity contribution in [2.24, 2.45) is 5.92 Å². The number of hydrogen-bond donors (Lipinski definition) is 1. The van der Waals surface area contributed by atoms with Gasteiger partial charge < -0.3 is 5.11 Å². The van der Waals surface area contributed by atoms with Crippen molar-refractivity contribution in [1.29, 1.82) is 0 Å². The number of carboxylic acids is 1. The molecule has 1 unspecified atom stereocenters. The van der Waals surface area contributed by atoms with Crippen LogP contribution in [0.1, 0.15) is 39.0 Å². The molecule has 0 heterocycles. The monoisotopic (exact) mass is 263 g/mol. The molecule has 1 rings (SSSR count). The Labute approximate surface area is 103 Å². The Kier molecular flexibility index (Phi) is 4.94. The molecule has 100 valence electrons. The molecule has 0 aromatic rings. The zero-order valence-corrected chi connectivity index (χ0v) is 11.2. The Morgan fingerprint density at radius 2 is 1.88 bits per heavy atom. The van der Waals surface area contributed by atoms with Gasteiger partial charge >= 0.3 is 5.97 Å². The number of rotatable bonds is 5. The van der Waals surface area contributed by atoms with Gasteiger partial charge in [0.2, 0.25) is 10.0 Å². The van der Waals surface area contributed by atoms with Crippen LogP contribution in [-0.2, 0) is 14.8 Å². The van der Waals surface area contributed by atoms with Crippen LogP contribution in [-0.4, -0.2) is 42.6 Å². The number of aliphatic carboxylic acids is 1. The average molecular weight is 263 g/mol. The standard InChI is InChI=1S/C11H21NO4S/c1-9(11(13)14)12(2)17(15,16)8-10-6-4-3-5-7-10/h9-10H,3-8H2,1-2H3,(H,13,14). The molecule has 1 aliphatic rings. The van der Waals surface area contributed by atoms with Crippen LogP contribution < -0.4 is 0 Å². The minimum Gasteiger partial charge on any atom is -0.480 e. The molecule has 0 saturated heterocycles. The summed E-state index contributed by atoms with van der Waals surface area (Å²) in [6, 6.07) is -0.997. The maximum absolute atomic E-state index is 12.0. The van der Waals surface area contributed by atoms with Gasteiger partial charge in [-0.05, 0) is 25.7 Å². The highest BCUT2D eigenvalue weighted by Gasteiger charge is 2.30. The largest absolute Gasteiger partial charge is 0.480 e. The van der Waals surface area contributed by atoms with E-state index in [1.165, 1.54) is 20.4 Å². The van der Waals surface area contributed by atoms with Gasteiger partial charge in [-0.25, -0.2) is 8.42 Å². The lowest BCUT2D eigenvalue weighted by molar-refractivity contribution is -0.140. The molecule has 1 N–H and O–H groups in total. The summed E-state index contributed by atoms with van der Waals surface area (Å²) in [6.07, 6.45) is 5.22. The summed E-state index contributed by atoms with van der Waals surface area (Å²) in [5.74, 6) is -0.835. The third kappa shape index (κ3) is 3.96. The van der Waals surface area contributed by atoms with Crippen LogP contribution in [0.2, 0.25) is 0 Å². The van der Waals surface area contributed by atoms with E-state index in [0.717, 1.165) is 30.0 Å². The molecule has 1 atom stereocenters. The van der Waals surface area contributed by atoms with E-state index >= 15 is 0 Å². The molecule has 0 radical (unpaired) electrons. The van der Waals surface area contributed by atoms with Crippen molar-refractivity contribution < 1.29 is 18.3 Å². The third-order valence-corrected chi connectivity index (χ3v) is 5.60. The average Bonchev–Trinajstić information content (AvgIpc) is 2.27. The number of nitrogens with zero attached hydrogens (tertiary/aromatic N) is 1. The summed E-state index contributed by atoms with van der Waals surface area (Å²) in [6.45, 7) is 1.39. The van der Waals surface area contributed by atoms with Crippen molar-refractivity contribution in [3.05, 3.63) is 0 Å².